The molecule has 1 amide bonds. The van der Waals surface area contributed by atoms with Gasteiger partial charge in [-0.15, -0.1) is 0 Å². The van der Waals surface area contributed by atoms with E-state index in [1.165, 1.54) is 19.1 Å². The van der Waals surface area contributed by atoms with Crippen molar-refractivity contribution in [3.63, 3.8) is 0 Å². The Morgan fingerprint density at radius 2 is 1.32 bits per heavy atom. The molecule has 10 heteroatoms. The Morgan fingerprint density at radius 1 is 0.842 bits per heavy atom. The number of carboxylic acids is 1. The largest absolute Gasteiger partial charge is 0.497 e. The van der Waals surface area contributed by atoms with Crippen molar-refractivity contribution in [1.29, 1.82) is 0 Å². The molecule has 2 aromatic carbocycles. The molecule has 0 aliphatic heterocycles. The summed E-state index contributed by atoms with van der Waals surface area (Å²) in [6, 6.07) is 13.4. The molecule has 210 valence electrons. The summed E-state index contributed by atoms with van der Waals surface area (Å²) in [4.78, 5) is 26.7. The maximum Gasteiger partial charge on any atom is 0.410 e. The van der Waals surface area contributed by atoms with E-state index in [9.17, 15) is 14.7 Å². The molecule has 0 radical (unpaired) electrons. The van der Waals surface area contributed by atoms with Crippen molar-refractivity contribution in [2.75, 3.05) is 35.0 Å². The second-order valence-electron chi connectivity index (χ2n) is 9.66. The van der Waals surface area contributed by atoms with Crippen LogP contribution in [0.3, 0.4) is 0 Å². The van der Waals surface area contributed by atoms with E-state index in [0.717, 1.165) is 11.1 Å². The zero-order chi connectivity index (χ0) is 28.3. The summed E-state index contributed by atoms with van der Waals surface area (Å²) in [7, 11) is 6.11. The standard InChI is InChI=1S/C28H39NO9/c1-28(2,3)38-27(32)29(4)23(18-33-5)24(36-16-19-8-12-21(34-6)13-9-19)25(26(30)31)37-17-20-10-14-22(35-7)15-11-20/h8-15,23-25H,16-18H2,1-7H3,(H,30,31)/t23-,24-,25-/m1/s1. The highest BCUT2D eigenvalue weighted by Gasteiger charge is 2.41. The van der Waals surface area contributed by atoms with Gasteiger partial charge in [-0.3, -0.25) is 0 Å². The number of carbonyl (C=O) groups is 2. The third-order valence-corrected chi connectivity index (χ3v) is 5.63. The minimum Gasteiger partial charge on any atom is -0.497 e. The number of amides is 1. The molecule has 2 rings (SSSR count). The molecule has 0 fully saturated rings. The van der Waals surface area contributed by atoms with Gasteiger partial charge in [-0.1, -0.05) is 24.3 Å². The average Bonchev–Trinajstić information content (AvgIpc) is 2.88. The topological polar surface area (TPSA) is 113 Å². The van der Waals surface area contributed by atoms with Gasteiger partial charge in [-0.25, -0.2) is 9.59 Å². The molecule has 0 bridgehead atoms. The van der Waals surface area contributed by atoms with Crippen molar-refractivity contribution in [2.45, 2.75) is 57.8 Å². The minimum atomic E-state index is -1.43. The van der Waals surface area contributed by atoms with Crippen LogP contribution in [0.15, 0.2) is 48.5 Å². The normalized spacial score (nSPS) is 13.8. The molecule has 38 heavy (non-hydrogen) atoms. The Morgan fingerprint density at radius 3 is 1.71 bits per heavy atom. The summed E-state index contributed by atoms with van der Waals surface area (Å²) < 4.78 is 33.3. The lowest BCUT2D eigenvalue weighted by Crippen LogP contribution is -2.56. The Balaban J connectivity index is 2.35. The summed E-state index contributed by atoms with van der Waals surface area (Å²) in [6.07, 6.45) is -3.18. The molecule has 0 aliphatic carbocycles. The molecular weight excluding hydrogens is 494 g/mol. The van der Waals surface area contributed by atoms with Crippen LogP contribution in [-0.4, -0.2) is 80.9 Å². The van der Waals surface area contributed by atoms with Gasteiger partial charge in [0, 0.05) is 14.2 Å². The van der Waals surface area contributed by atoms with Crippen molar-refractivity contribution >= 4 is 12.1 Å². The van der Waals surface area contributed by atoms with Gasteiger partial charge < -0.3 is 38.4 Å². The lowest BCUT2D eigenvalue weighted by Gasteiger charge is -2.37. The van der Waals surface area contributed by atoms with Gasteiger partial charge in [-0.05, 0) is 56.2 Å². The fourth-order valence-electron chi connectivity index (χ4n) is 3.60. The van der Waals surface area contributed by atoms with E-state index in [2.05, 4.69) is 0 Å². The summed E-state index contributed by atoms with van der Waals surface area (Å²) >= 11 is 0. The van der Waals surface area contributed by atoms with Crippen LogP contribution in [0.1, 0.15) is 31.9 Å². The van der Waals surface area contributed by atoms with Gasteiger partial charge in [0.2, 0.25) is 0 Å². The van der Waals surface area contributed by atoms with Gasteiger partial charge in [-0.2, -0.15) is 0 Å². The Hall–Kier alpha value is -3.34. The molecule has 0 unspecified atom stereocenters. The number of carbonyl (C=O) groups excluding carboxylic acids is 1. The van der Waals surface area contributed by atoms with E-state index in [-0.39, 0.29) is 19.8 Å². The van der Waals surface area contributed by atoms with E-state index >= 15 is 0 Å². The quantitative estimate of drug-likeness (QED) is 0.383. The third-order valence-electron chi connectivity index (χ3n) is 5.63. The molecule has 3 atom stereocenters. The predicted molar refractivity (Wildman–Crippen MR) is 140 cm³/mol. The second-order valence-corrected chi connectivity index (χ2v) is 9.66. The number of likely N-dealkylation sites (N-methyl/N-ethyl adjacent to an activating group) is 1. The number of ether oxygens (including phenoxy) is 6. The molecule has 1 N–H and O–H groups in total. The zero-order valence-electron chi connectivity index (χ0n) is 23.1. The molecule has 2 aromatic rings. The molecule has 0 aliphatic rings. The SMILES string of the molecule is COC[C@H]([C@@H](OCc1ccc(OC)cc1)[C@@H](OCc1ccc(OC)cc1)C(=O)O)N(C)C(=O)OC(C)(C)C. The first-order valence-corrected chi connectivity index (χ1v) is 12.2. The molecule has 0 saturated heterocycles. The maximum atomic E-state index is 12.9. The van der Waals surface area contributed by atoms with Gasteiger partial charge >= 0.3 is 12.1 Å². The van der Waals surface area contributed by atoms with Gasteiger partial charge in [0.15, 0.2) is 6.10 Å². The number of hydrogen-bond donors (Lipinski definition) is 1. The first-order valence-electron chi connectivity index (χ1n) is 12.2. The van der Waals surface area contributed by atoms with Crippen LogP contribution in [0.25, 0.3) is 0 Å². The van der Waals surface area contributed by atoms with Crippen molar-refractivity contribution in [2.24, 2.45) is 0 Å². The molecule has 0 saturated carbocycles. The summed E-state index contributed by atoms with van der Waals surface area (Å²) in [5, 5.41) is 10.2. The van der Waals surface area contributed by atoms with Crippen LogP contribution in [0.5, 0.6) is 11.5 Å². The zero-order valence-corrected chi connectivity index (χ0v) is 23.1. The monoisotopic (exact) mass is 533 g/mol. The lowest BCUT2D eigenvalue weighted by atomic mass is 10.0. The van der Waals surface area contributed by atoms with Gasteiger partial charge in [0.25, 0.3) is 0 Å². The number of methoxy groups -OCH3 is 3. The van der Waals surface area contributed by atoms with E-state index in [4.69, 9.17) is 28.4 Å². The number of carboxylic acid groups (broad SMARTS) is 1. The van der Waals surface area contributed by atoms with E-state index in [1.807, 2.05) is 12.1 Å². The Kier molecular flexibility index (Phi) is 11.8. The number of rotatable bonds is 14. The Bertz CT molecular complexity index is 1000. The van der Waals surface area contributed by atoms with E-state index in [1.54, 1.807) is 71.4 Å². The number of benzene rings is 2. The van der Waals surface area contributed by atoms with Crippen LogP contribution in [0.4, 0.5) is 4.79 Å². The average molecular weight is 534 g/mol. The van der Waals surface area contributed by atoms with Crippen molar-refractivity contribution in [1.82, 2.24) is 4.90 Å². The fraction of sp³-hybridized carbons (Fsp3) is 0.500. The van der Waals surface area contributed by atoms with Crippen LogP contribution in [-0.2, 0) is 37.0 Å². The highest BCUT2D eigenvalue weighted by atomic mass is 16.6. The fourth-order valence-corrected chi connectivity index (χ4v) is 3.60. The second kappa shape index (κ2) is 14.6. The van der Waals surface area contributed by atoms with Crippen LogP contribution >= 0.6 is 0 Å². The van der Waals surface area contributed by atoms with E-state index < -0.39 is 35.9 Å². The summed E-state index contributed by atoms with van der Waals surface area (Å²) in [5.41, 5.74) is 0.778. The van der Waals surface area contributed by atoms with Crippen LogP contribution in [0, 0.1) is 0 Å². The smallest absolute Gasteiger partial charge is 0.410 e. The first kappa shape index (κ1) is 30.9. The number of hydrogen-bond acceptors (Lipinski definition) is 8. The number of nitrogens with zero attached hydrogens (tertiary/aromatic N) is 1. The summed E-state index contributed by atoms with van der Waals surface area (Å²) in [6.45, 7) is 5.30. The molecular formula is C28H39NO9. The van der Waals surface area contributed by atoms with Crippen LogP contribution in [0.2, 0.25) is 0 Å². The van der Waals surface area contributed by atoms with Gasteiger partial charge in [0.1, 0.15) is 23.2 Å². The van der Waals surface area contributed by atoms with Gasteiger partial charge in [0.05, 0.1) is 40.1 Å². The molecule has 0 spiro atoms. The minimum absolute atomic E-state index is 0.000783. The van der Waals surface area contributed by atoms with Crippen molar-refractivity contribution < 1.29 is 43.1 Å². The first-order chi connectivity index (χ1) is 18.0. The number of aliphatic carboxylic acids is 1. The van der Waals surface area contributed by atoms with Crippen LogP contribution < -0.4 is 9.47 Å². The lowest BCUT2D eigenvalue weighted by molar-refractivity contribution is -0.172. The maximum absolute atomic E-state index is 12.9. The molecule has 0 aromatic heterocycles. The predicted octanol–water partition coefficient (Wildman–Crippen LogP) is 4.14. The highest BCUT2D eigenvalue weighted by molar-refractivity contribution is 5.74. The molecule has 0 heterocycles. The molecule has 10 nitrogen and oxygen atoms in total. The van der Waals surface area contributed by atoms with Crippen molar-refractivity contribution in [3.05, 3.63) is 59.7 Å². The van der Waals surface area contributed by atoms with E-state index in [0.29, 0.717) is 11.5 Å². The van der Waals surface area contributed by atoms with Crippen molar-refractivity contribution in [3.8, 4) is 11.5 Å². The Labute approximate surface area is 224 Å². The summed E-state index contributed by atoms with van der Waals surface area (Å²) in [5.74, 6) is 0.110. The third kappa shape index (κ3) is 9.51. The highest BCUT2D eigenvalue weighted by Crippen LogP contribution is 2.22.